The van der Waals surface area contributed by atoms with Crippen molar-refractivity contribution in [3.63, 3.8) is 0 Å². The summed E-state index contributed by atoms with van der Waals surface area (Å²) in [6, 6.07) is 0. The normalized spacial score (nSPS) is 13.0. The topological polar surface area (TPSA) is 27.7 Å². The van der Waals surface area contributed by atoms with Gasteiger partial charge in [0.2, 0.25) is 0 Å². The number of hydrogen-bond acceptors (Lipinski definition) is 3. The lowest BCUT2D eigenvalue weighted by Gasteiger charge is -2.37. The molecule has 0 aromatic carbocycles. The van der Waals surface area contributed by atoms with Crippen LogP contribution in [0.4, 0.5) is 0 Å². The van der Waals surface area contributed by atoms with Crippen LogP contribution in [0.1, 0.15) is 39.0 Å². The van der Waals surface area contributed by atoms with Gasteiger partial charge in [-0.25, -0.2) is 0 Å². The molecular weight excluding hydrogens is 280 g/mol. The highest BCUT2D eigenvalue weighted by atomic mass is 28.1. The van der Waals surface area contributed by atoms with E-state index in [1.807, 2.05) is 0 Å². The maximum atomic E-state index is 5.93. The van der Waals surface area contributed by atoms with Gasteiger partial charge in [0.1, 0.15) is 6.10 Å². The fourth-order valence-electron chi connectivity index (χ4n) is 2.11. The second kappa shape index (κ2) is 13.0. The van der Waals surface area contributed by atoms with Crippen LogP contribution in [0.3, 0.4) is 0 Å². The van der Waals surface area contributed by atoms with Gasteiger partial charge in [0.05, 0.1) is 30.1 Å². The predicted molar refractivity (Wildman–Crippen MR) is 93.7 cm³/mol. The van der Waals surface area contributed by atoms with E-state index in [9.17, 15) is 0 Å². The monoisotopic (exact) mass is 312 g/mol. The summed E-state index contributed by atoms with van der Waals surface area (Å²) < 4.78 is 17.8. The molecule has 0 saturated carbocycles. The lowest BCUT2D eigenvalue weighted by atomic mass is 10.1. The smallest absolute Gasteiger partial charge is 0.167 e. The summed E-state index contributed by atoms with van der Waals surface area (Å²) in [5.74, 6) is 0. The van der Waals surface area contributed by atoms with Gasteiger partial charge in [-0.05, 0) is 6.42 Å². The van der Waals surface area contributed by atoms with Gasteiger partial charge < -0.3 is 14.2 Å². The molecule has 0 spiro atoms. The average Bonchev–Trinajstić information content (AvgIpc) is 2.50. The van der Waals surface area contributed by atoms with Crippen molar-refractivity contribution >= 4 is 10.2 Å². The minimum Gasteiger partial charge on any atom is -0.369 e. The fourth-order valence-corrected chi connectivity index (χ4v) is 2.90. The van der Waals surface area contributed by atoms with E-state index < -0.39 is 5.41 Å². The van der Waals surface area contributed by atoms with E-state index in [1.165, 1.54) is 19.3 Å². The molecule has 0 radical (unpaired) electrons. The van der Waals surface area contributed by atoms with Gasteiger partial charge in [-0.3, -0.25) is 0 Å². The molecule has 0 aromatic rings. The van der Waals surface area contributed by atoms with Crippen LogP contribution in [0.2, 0.25) is 0 Å². The quantitative estimate of drug-likeness (QED) is 0.201. The standard InChI is InChI=1S/C17H32O3Si/c1-5-9-10-11-12-16(18-13-6-2)17(21,19-14-7-3)20-15-8-4/h6-8,16H,2-5,9-15H2,1,21H3. The summed E-state index contributed by atoms with van der Waals surface area (Å²) in [6.45, 7) is 14.8. The lowest BCUT2D eigenvalue weighted by molar-refractivity contribution is -0.229. The Morgan fingerprint density at radius 2 is 1.52 bits per heavy atom. The summed E-state index contributed by atoms with van der Waals surface area (Å²) in [5.41, 5.74) is -0.655. The van der Waals surface area contributed by atoms with E-state index in [0.29, 0.717) is 30.1 Å². The van der Waals surface area contributed by atoms with Crippen molar-refractivity contribution < 1.29 is 14.2 Å². The third kappa shape index (κ3) is 9.04. The molecule has 0 aliphatic carbocycles. The first-order valence-corrected chi connectivity index (χ1v) is 8.86. The highest BCUT2D eigenvalue weighted by Crippen LogP contribution is 2.23. The molecule has 1 atom stereocenters. The Bertz CT molecular complexity index is 280. The molecule has 0 aliphatic heterocycles. The molecule has 0 heterocycles. The molecule has 3 nitrogen and oxygen atoms in total. The molecule has 122 valence electrons. The van der Waals surface area contributed by atoms with Crippen LogP contribution < -0.4 is 0 Å². The van der Waals surface area contributed by atoms with Crippen LogP contribution in [0.25, 0.3) is 0 Å². The van der Waals surface area contributed by atoms with Crippen molar-refractivity contribution in [2.45, 2.75) is 50.5 Å². The first-order valence-electron chi connectivity index (χ1n) is 7.86. The third-order valence-electron chi connectivity index (χ3n) is 3.30. The van der Waals surface area contributed by atoms with Crippen LogP contribution in [0.15, 0.2) is 38.0 Å². The fraction of sp³-hybridized carbons (Fsp3) is 0.647. The van der Waals surface area contributed by atoms with Crippen LogP contribution >= 0.6 is 0 Å². The highest BCUT2D eigenvalue weighted by Gasteiger charge is 2.36. The molecule has 0 fully saturated rings. The average molecular weight is 313 g/mol. The third-order valence-corrected chi connectivity index (χ3v) is 4.52. The Kier molecular flexibility index (Phi) is 12.6. The van der Waals surface area contributed by atoms with Crippen molar-refractivity contribution in [3.8, 4) is 0 Å². The van der Waals surface area contributed by atoms with E-state index >= 15 is 0 Å². The van der Waals surface area contributed by atoms with Gasteiger partial charge in [0, 0.05) is 0 Å². The molecule has 0 rings (SSSR count). The minimum absolute atomic E-state index is 0.0704. The Labute approximate surface area is 133 Å². The Morgan fingerprint density at radius 3 is 2.00 bits per heavy atom. The van der Waals surface area contributed by atoms with E-state index in [-0.39, 0.29) is 6.10 Å². The van der Waals surface area contributed by atoms with Crippen molar-refractivity contribution in [3.05, 3.63) is 38.0 Å². The van der Waals surface area contributed by atoms with Crippen molar-refractivity contribution in [2.75, 3.05) is 19.8 Å². The molecular formula is C17H32O3Si. The molecule has 0 amide bonds. The van der Waals surface area contributed by atoms with Crippen LogP contribution in [0.5, 0.6) is 0 Å². The van der Waals surface area contributed by atoms with Gasteiger partial charge in [0.25, 0.3) is 0 Å². The van der Waals surface area contributed by atoms with E-state index in [0.717, 1.165) is 12.8 Å². The maximum Gasteiger partial charge on any atom is 0.167 e. The van der Waals surface area contributed by atoms with Gasteiger partial charge in [-0.2, -0.15) is 0 Å². The molecule has 21 heavy (non-hydrogen) atoms. The molecule has 0 aromatic heterocycles. The summed E-state index contributed by atoms with van der Waals surface area (Å²) in [6.07, 6.45) is 10.9. The summed E-state index contributed by atoms with van der Waals surface area (Å²) in [7, 11) is 0.717. The summed E-state index contributed by atoms with van der Waals surface area (Å²) in [4.78, 5) is 0. The summed E-state index contributed by atoms with van der Waals surface area (Å²) in [5, 5.41) is 0. The Morgan fingerprint density at radius 1 is 0.952 bits per heavy atom. The first-order chi connectivity index (χ1) is 10.1. The molecule has 0 aliphatic rings. The number of hydrogen-bond donors (Lipinski definition) is 0. The molecule has 1 unspecified atom stereocenters. The largest absolute Gasteiger partial charge is 0.369 e. The van der Waals surface area contributed by atoms with Gasteiger partial charge in [0.15, 0.2) is 5.41 Å². The van der Waals surface area contributed by atoms with Gasteiger partial charge in [-0.1, -0.05) is 50.8 Å². The number of rotatable bonds is 15. The molecule has 0 saturated heterocycles. The second-order valence-corrected chi connectivity index (χ2v) is 6.57. The molecule has 0 bridgehead atoms. The van der Waals surface area contributed by atoms with Gasteiger partial charge in [-0.15, -0.1) is 19.7 Å². The molecule has 4 heteroatoms. The van der Waals surface area contributed by atoms with E-state index in [1.54, 1.807) is 18.2 Å². The number of ether oxygens (including phenoxy) is 3. The number of unbranched alkanes of at least 4 members (excludes halogenated alkanes) is 3. The lowest BCUT2D eigenvalue weighted by Crippen LogP contribution is -2.50. The zero-order valence-electron chi connectivity index (χ0n) is 13.8. The summed E-state index contributed by atoms with van der Waals surface area (Å²) >= 11 is 0. The second-order valence-electron chi connectivity index (χ2n) is 5.18. The van der Waals surface area contributed by atoms with Crippen molar-refractivity contribution in [2.24, 2.45) is 0 Å². The van der Waals surface area contributed by atoms with Gasteiger partial charge >= 0.3 is 0 Å². The van der Waals surface area contributed by atoms with Crippen LogP contribution in [0, 0.1) is 0 Å². The first kappa shape index (κ1) is 20.3. The predicted octanol–water partition coefficient (Wildman–Crippen LogP) is 2.95. The molecule has 0 N–H and O–H groups in total. The van der Waals surface area contributed by atoms with Crippen molar-refractivity contribution in [1.29, 1.82) is 0 Å². The zero-order valence-corrected chi connectivity index (χ0v) is 15.8. The highest BCUT2D eigenvalue weighted by molar-refractivity contribution is 6.13. The Hall–Kier alpha value is -0.683. The van der Waals surface area contributed by atoms with E-state index in [2.05, 4.69) is 26.7 Å². The van der Waals surface area contributed by atoms with Crippen LogP contribution in [-0.4, -0.2) is 41.6 Å². The van der Waals surface area contributed by atoms with Crippen LogP contribution in [-0.2, 0) is 14.2 Å². The minimum atomic E-state index is -0.655. The SMILES string of the molecule is C=CCOC(CCCCCC)C([SiH3])(OCC=C)OCC=C. The zero-order chi connectivity index (χ0) is 16.0. The maximum absolute atomic E-state index is 5.93. The van der Waals surface area contributed by atoms with Crippen molar-refractivity contribution in [1.82, 2.24) is 0 Å². The van der Waals surface area contributed by atoms with E-state index in [4.69, 9.17) is 14.2 Å². The Balaban J connectivity index is 4.72.